The summed E-state index contributed by atoms with van der Waals surface area (Å²) in [6.07, 6.45) is 0. The summed E-state index contributed by atoms with van der Waals surface area (Å²) in [5.41, 5.74) is 0.670. The molecule has 0 radical (unpaired) electrons. The second-order valence-corrected chi connectivity index (χ2v) is 5.22. The third-order valence-electron chi connectivity index (χ3n) is 2.44. The summed E-state index contributed by atoms with van der Waals surface area (Å²) in [6, 6.07) is 13.0. The van der Waals surface area contributed by atoms with Crippen molar-refractivity contribution in [2.45, 2.75) is 0 Å². The quantitative estimate of drug-likeness (QED) is 0.809. The third kappa shape index (κ3) is 3.85. The van der Waals surface area contributed by atoms with Gasteiger partial charge in [0.25, 0.3) is 5.91 Å². The Kier molecular flexibility index (Phi) is 4.81. The first-order valence-corrected chi connectivity index (χ1v) is 6.89. The predicted octanol–water partition coefficient (Wildman–Crippen LogP) is 3.72. The lowest BCUT2D eigenvalue weighted by molar-refractivity contribution is 0.0977. The van der Waals surface area contributed by atoms with Gasteiger partial charge in [0.2, 0.25) is 0 Å². The van der Waals surface area contributed by atoms with E-state index in [1.165, 1.54) is 12.1 Å². The number of benzene rings is 2. The number of halogens is 2. The molecule has 0 aromatic heterocycles. The van der Waals surface area contributed by atoms with Crippen molar-refractivity contribution in [2.75, 3.05) is 5.32 Å². The molecule has 0 fully saturated rings. The molecule has 2 aromatic rings. The molecular weight excluding hydrogens is 343 g/mol. The van der Waals surface area contributed by atoms with Crippen LogP contribution in [-0.2, 0) is 0 Å². The summed E-state index contributed by atoms with van der Waals surface area (Å²) >= 11 is 8.27. The van der Waals surface area contributed by atoms with Gasteiger partial charge in [-0.2, -0.15) is 0 Å². The van der Waals surface area contributed by atoms with Gasteiger partial charge in [-0.3, -0.25) is 10.1 Å². The van der Waals surface area contributed by atoms with E-state index in [0.717, 1.165) is 4.47 Å². The zero-order valence-electron chi connectivity index (χ0n) is 10.2. The van der Waals surface area contributed by atoms with E-state index in [9.17, 15) is 9.18 Å². The number of amides is 1. The Morgan fingerprint density at radius 1 is 1.15 bits per heavy atom. The average Bonchev–Trinajstić information content (AvgIpc) is 2.41. The Bertz CT molecular complexity index is 663. The molecule has 2 N–H and O–H groups in total. The summed E-state index contributed by atoms with van der Waals surface area (Å²) in [4.78, 5) is 11.9. The number of thiocarbonyl (C=S) groups is 1. The maximum absolute atomic E-state index is 13.4. The highest BCUT2D eigenvalue weighted by Gasteiger charge is 2.09. The highest BCUT2D eigenvalue weighted by atomic mass is 79.9. The molecule has 0 bridgehead atoms. The number of rotatable bonds is 2. The predicted molar refractivity (Wildman–Crippen MR) is 84.2 cm³/mol. The molecule has 2 rings (SSSR count). The Balaban J connectivity index is 2.02. The van der Waals surface area contributed by atoms with Gasteiger partial charge in [-0.25, -0.2) is 4.39 Å². The van der Waals surface area contributed by atoms with Crippen LogP contribution in [0.15, 0.2) is 53.0 Å². The van der Waals surface area contributed by atoms with Gasteiger partial charge < -0.3 is 5.32 Å². The average molecular weight is 353 g/mol. The molecule has 0 aliphatic heterocycles. The van der Waals surface area contributed by atoms with E-state index < -0.39 is 5.82 Å². The monoisotopic (exact) mass is 352 g/mol. The van der Waals surface area contributed by atoms with E-state index >= 15 is 0 Å². The fourth-order valence-electron chi connectivity index (χ4n) is 1.52. The number of carbonyl (C=O) groups is 1. The molecule has 0 saturated heterocycles. The first kappa shape index (κ1) is 14.6. The van der Waals surface area contributed by atoms with Crippen molar-refractivity contribution in [3.63, 3.8) is 0 Å². The summed E-state index contributed by atoms with van der Waals surface area (Å²) in [5.74, 6) is -0.799. The minimum atomic E-state index is -0.438. The van der Waals surface area contributed by atoms with E-state index in [4.69, 9.17) is 12.2 Å². The molecule has 102 valence electrons. The zero-order chi connectivity index (χ0) is 14.5. The van der Waals surface area contributed by atoms with Gasteiger partial charge in [-0.15, -0.1) is 0 Å². The molecule has 0 aliphatic carbocycles. The van der Waals surface area contributed by atoms with E-state index in [1.807, 2.05) is 6.07 Å². The smallest absolute Gasteiger partial charge is 0.257 e. The molecule has 3 nitrogen and oxygen atoms in total. The lowest BCUT2D eigenvalue weighted by Crippen LogP contribution is -2.34. The SMILES string of the molecule is O=C(NC(=S)Nc1ccccc1F)c1cccc(Br)c1. The summed E-state index contributed by atoms with van der Waals surface area (Å²) in [7, 11) is 0. The molecule has 0 spiro atoms. The van der Waals surface area contributed by atoms with Gasteiger partial charge in [-0.05, 0) is 42.5 Å². The molecule has 0 saturated carbocycles. The minimum Gasteiger partial charge on any atom is -0.330 e. The van der Waals surface area contributed by atoms with Crippen LogP contribution in [0.25, 0.3) is 0 Å². The molecular formula is C14H10BrFN2OS. The highest BCUT2D eigenvalue weighted by Crippen LogP contribution is 2.13. The minimum absolute atomic E-state index is 0.0417. The number of nitrogens with one attached hydrogen (secondary N) is 2. The van der Waals surface area contributed by atoms with E-state index in [1.54, 1.807) is 30.3 Å². The van der Waals surface area contributed by atoms with Gasteiger partial charge in [0.05, 0.1) is 5.69 Å². The molecule has 6 heteroatoms. The molecule has 0 atom stereocenters. The van der Waals surface area contributed by atoms with Gasteiger partial charge in [0, 0.05) is 10.0 Å². The molecule has 20 heavy (non-hydrogen) atoms. The van der Waals surface area contributed by atoms with Gasteiger partial charge in [-0.1, -0.05) is 34.1 Å². The van der Waals surface area contributed by atoms with Crippen LogP contribution in [0.3, 0.4) is 0 Å². The highest BCUT2D eigenvalue weighted by molar-refractivity contribution is 9.10. The van der Waals surface area contributed by atoms with Crippen molar-refractivity contribution >= 4 is 44.9 Å². The second-order valence-electron chi connectivity index (χ2n) is 3.90. The van der Waals surface area contributed by atoms with Crippen LogP contribution < -0.4 is 10.6 Å². The maximum atomic E-state index is 13.4. The fraction of sp³-hybridized carbons (Fsp3) is 0. The fourth-order valence-corrected chi connectivity index (χ4v) is 2.12. The van der Waals surface area contributed by atoms with Crippen molar-refractivity contribution in [1.29, 1.82) is 0 Å². The zero-order valence-corrected chi connectivity index (χ0v) is 12.6. The first-order chi connectivity index (χ1) is 9.56. The third-order valence-corrected chi connectivity index (χ3v) is 3.13. The molecule has 0 aliphatic rings. The van der Waals surface area contributed by atoms with Gasteiger partial charge in [0.15, 0.2) is 5.11 Å². The van der Waals surface area contributed by atoms with Crippen molar-refractivity contribution in [3.8, 4) is 0 Å². The number of para-hydroxylation sites is 1. The Labute approximate surface area is 129 Å². The topological polar surface area (TPSA) is 41.1 Å². The summed E-state index contributed by atoms with van der Waals surface area (Å²) < 4.78 is 14.2. The molecule has 0 heterocycles. The number of carbonyl (C=O) groups excluding carboxylic acids is 1. The van der Waals surface area contributed by atoms with E-state index in [2.05, 4.69) is 26.6 Å². The van der Waals surface area contributed by atoms with Crippen LogP contribution in [0.5, 0.6) is 0 Å². The van der Waals surface area contributed by atoms with Crippen molar-refractivity contribution in [3.05, 3.63) is 64.4 Å². The normalized spacial score (nSPS) is 9.90. The maximum Gasteiger partial charge on any atom is 0.257 e. The van der Waals surface area contributed by atoms with Crippen LogP contribution in [0.2, 0.25) is 0 Å². The second kappa shape index (κ2) is 6.58. The number of hydrogen-bond donors (Lipinski definition) is 2. The van der Waals surface area contributed by atoms with Gasteiger partial charge in [0.1, 0.15) is 5.82 Å². The molecule has 1 amide bonds. The van der Waals surface area contributed by atoms with Gasteiger partial charge >= 0.3 is 0 Å². The van der Waals surface area contributed by atoms with Crippen LogP contribution in [0.1, 0.15) is 10.4 Å². The van der Waals surface area contributed by atoms with E-state index in [0.29, 0.717) is 5.56 Å². The molecule has 2 aromatic carbocycles. The number of anilines is 1. The lowest BCUT2D eigenvalue weighted by atomic mass is 10.2. The largest absolute Gasteiger partial charge is 0.330 e. The molecule has 0 unspecified atom stereocenters. The summed E-state index contributed by atoms with van der Waals surface area (Å²) in [5, 5.41) is 5.17. The lowest BCUT2D eigenvalue weighted by Gasteiger charge is -2.10. The Morgan fingerprint density at radius 2 is 1.90 bits per heavy atom. The first-order valence-electron chi connectivity index (χ1n) is 5.68. The van der Waals surface area contributed by atoms with Crippen molar-refractivity contribution in [1.82, 2.24) is 5.32 Å². The Hall–Kier alpha value is -1.79. The Morgan fingerprint density at radius 3 is 2.60 bits per heavy atom. The summed E-state index contributed by atoms with van der Waals surface area (Å²) in [6.45, 7) is 0. The standard InChI is InChI=1S/C14H10BrFN2OS/c15-10-5-3-4-9(8-10)13(19)18-14(20)17-12-7-2-1-6-11(12)16/h1-8H,(H2,17,18,19,20). The van der Waals surface area contributed by atoms with Crippen LogP contribution in [0.4, 0.5) is 10.1 Å². The van der Waals surface area contributed by atoms with Crippen LogP contribution in [-0.4, -0.2) is 11.0 Å². The van der Waals surface area contributed by atoms with Crippen molar-refractivity contribution in [2.24, 2.45) is 0 Å². The van der Waals surface area contributed by atoms with Crippen LogP contribution in [0, 0.1) is 5.82 Å². The van der Waals surface area contributed by atoms with E-state index in [-0.39, 0.29) is 16.7 Å². The van der Waals surface area contributed by atoms with Crippen molar-refractivity contribution < 1.29 is 9.18 Å². The van der Waals surface area contributed by atoms with Crippen LogP contribution >= 0.6 is 28.1 Å². The number of hydrogen-bond acceptors (Lipinski definition) is 2.